The van der Waals surface area contributed by atoms with Gasteiger partial charge in [-0.3, -0.25) is 0 Å². The van der Waals surface area contributed by atoms with E-state index in [2.05, 4.69) is 36.5 Å². The second-order valence-electron chi connectivity index (χ2n) is 6.46. The fraction of sp³-hybridized carbons (Fsp3) is 0.500. The van der Waals surface area contributed by atoms with E-state index in [0.29, 0.717) is 0 Å². The quantitative estimate of drug-likeness (QED) is 0.895. The molecule has 0 radical (unpaired) electrons. The first-order chi connectivity index (χ1) is 10.2. The van der Waals surface area contributed by atoms with E-state index in [1.807, 2.05) is 6.07 Å². The average Bonchev–Trinajstić information content (AvgIpc) is 2.54. The van der Waals surface area contributed by atoms with E-state index in [-0.39, 0.29) is 5.41 Å². The maximum absolute atomic E-state index is 6.07. The second-order valence-corrected chi connectivity index (χ2v) is 6.46. The molecule has 1 aliphatic rings. The minimum absolute atomic E-state index is 0.262. The van der Waals surface area contributed by atoms with Crippen molar-refractivity contribution in [3.63, 3.8) is 0 Å². The summed E-state index contributed by atoms with van der Waals surface area (Å²) in [5.74, 6) is 1.01. The highest BCUT2D eigenvalue weighted by Crippen LogP contribution is 2.35. The lowest BCUT2D eigenvalue weighted by Gasteiger charge is -2.36. The Morgan fingerprint density at radius 3 is 2.71 bits per heavy atom. The third-order valence-corrected chi connectivity index (χ3v) is 4.89. The largest absolute Gasteiger partial charge is 0.369 e. The van der Waals surface area contributed by atoms with Gasteiger partial charge in [-0.15, -0.1) is 0 Å². The summed E-state index contributed by atoms with van der Waals surface area (Å²) in [6.45, 7) is 3.83. The molecule has 1 aromatic carbocycles. The van der Waals surface area contributed by atoms with Gasteiger partial charge >= 0.3 is 0 Å². The van der Waals surface area contributed by atoms with Gasteiger partial charge in [0.2, 0.25) is 0 Å². The number of fused-ring (bicyclic) bond motifs is 1. The molecular formula is C18H25N3. The zero-order valence-electron chi connectivity index (χ0n) is 12.9. The van der Waals surface area contributed by atoms with E-state index >= 15 is 0 Å². The molecule has 2 aromatic rings. The van der Waals surface area contributed by atoms with Crippen LogP contribution in [0.3, 0.4) is 0 Å². The monoisotopic (exact) mass is 283 g/mol. The van der Waals surface area contributed by atoms with Crippen LogP contribution in [0.25, 0.3) is 10.9 Å². The number of aryl methyl sites for hydroxylation is 1. The highest BCUT2D eigenvalue weighted by Gasteiger charge is 2.30. The Hall–Kier alpha value is -1.61. The first-order valence-corrected chi connectivity index (χ1v) is 8.03. The van der Waals surface area contributed by atoms with Crippen LogP contribution in [-0.4, -0.2) is 18.1 Å². The van der Waals surface area contributed by atoms with Gasteiger partial charge in [0.1, 0.15) is 5.82 Å². The smallest absolute Gasteiger partial charge is 0.129 e. The van der Waals surface area contributed by atoms with Gasteiger partial charge in [0.15, 0.2) is 0 Å². The number of hydrogen-bond acceptors (Lipinski definition) is 3. The number of aromatic nitrogens is 1. The fourth-order valence-electron chi connectivity index (χ4n) is 3.43. The summed E-state index contributed by atoms with van der Waals surface area (Å²) in [5.41, 5.74) is 8.59. The Balaban J connectivity index is 1.79. The van der Waals surface area contributed by atoms with E-state index < -0.39 is 0 Å². The number of para-hydroxylation sites is 1. The van der Waals surface area contributed by atoms with Crippen LogP contribution in [0.15, 0.2) is 30.3 Å². The molecule has 1 aromatic heterocycles. The summed E-state index contributed by atoms with van der Waals surface area (Å²) in [7, 11) is 0. The Kier molecular flexibility index (Phi) is 4.11. The van der Waals surface area contributed by atoms with Crippen molar-refractivity contribution in [1.29, 1.82) is 0 Å². The number of hydrogen-bond donors (Lipinski definition) is 2. The zero-order chi connectivity index (χ0) is 14.7. The molecule has 3 N–H and O–H groups in total. The van der Waals surface area contributed by atoms with Gasteiger partial charge in [0, 0.05) is 11.9 Å². The van der Waals surface area contributed by atoms with Crippen LogP contribution in [-0.2, 0) is 0 Å². The summed E-state index contributed by atoms with van der Waals surface area (Å²) < 4.78 is 0. The molecular weight excluding hydrogens is 258 g/mol. The average molecular weight is 283 g/mol. The topological polar surface area (TPSA) is 50.9 Å². The van der Waals surface area contributed by atoms with E-state index in [1.54, 1.807) is 0 Å². The van der Waals surface area contributed by atoms with Crippen LogP contribution in [0, 0.1) is 12.3 Å². The number of nitrogens with zero attached hydrogens (tertiary/aromatic N) is 1. The van der Waals surface area contributed by atoms with Gasteiger partial charge in [-0.05, 0) is 49.4 Å². The van der Waals surface area contributed by atoms with Gasteiger partial charge in [0.25, 0.3) is 0 Å². The molecule has 0 bridgehead atoms. The number of rotatable bonds is 4. The molecule has 0 atom stereocenters. The Morgan fingerprint density at radius 1 is 1.19 bits per heavy atom. The molecule has 0 saturated heterocycles. The van der Waals surface area contributed by atoms with Crippen LogP contribution in [0.5, 0.6) is 0 Å². The van der Waals surface area contributed by atoms with Crippen molar-refractivity contribution in [2.75, 3.05) is 18.4 Å². The lowest BCUT2D eigenvalue weighted by molar-refractivity contribution is 0.215. The number of nitrogens with two attached hydrogens (primary N) is 1. The van der Waals surface area contributed by atoms with Crippen molar-refractivity contribution in [1.82, 2.24) is 4.98 Å². The minimum atomic E-state index is 0.262. The van der Waals surface area contributed by atoms with Crippen molar-refractivity contribution in [3.8, 4) is 0 Å². The summed E-state index contributed by atoms with van der Waals surface area (Å²) in [4.78, 5) is 4.77. The zero-order valence-corrected chi connectivity index (χ0v) is 12.9. The van der Waals surface area contributed by atoms with Crippen molar-refractivity contribution >= 4 is 16.7 Å². The maximum atomic E-state index is 6.07. The van der Waals surface area contributed by atoms with E-state index in [0.717, 1.165) is 24.4 Å². The second kappa shape index (κ2) is 6.02. The fourth-order valence-corrected chi connectivity index (χ4v) is 3.43. The van der Waals surface area contributed by atoms with Gasteiger partial charge < -0.3 is 11.1 Å². The first kappa shape index (κ1) is 14.3. The lowest BCUT2D eigenvalue weighted by atomic mass is 9.74. The van der Waals surface area contributed by atoms with Crippen molar-refractivity contribution in [3.05, 3.63) is 35.9 Å². The van der Waals surface area contributed by atoms with Gasteiger partial charge in [-0.25, -0.2) is 4.98 Å². The molecule has 0 unspecified atom stereocenters. The van der Waals surface area contributed by atoms with Gasteiger partial charge in [0.05, 0.1) is 5.52 Å². The third-order valence-electron chi connectivity index (χ3n) is 4.89. The standard InChI is InChI=1S/C18H25N3/c1-14-11-15-7-3-4-8-16(15)21-17(14)20-13-18(12-19)9-5-2-6-10-18/h3-4,7-8,11H,2,5-6,9-10,12-13,19H2,1H3,(H,20,21). The predicted molar refractivity (Wildman–Crippen MR) is 89.5 cm³/mol. The summed E-state index contributed by atoms with van der Waals surface area (Å²) in [5, 5.41) is 4.78. The lowest BCUT2D eigenvalue weighted by Crippen LogP contribution is -2.39. The summed E-state index contributed by atoms with van der Waals surface area (Å²) in [6.07, 6.45) is 6.45. The normalized spacial score (nSPS) is 17.8. The molecule has 1 fully saturated rings. The van der Waals surface area contributed by atoms with Crippen molar-refractivity contribution in [2.45, 2.75) is 39.0 Å². The van der Waals surface area contributed by atoms with Crippen LogP contribution < -0.4 is 11.1 Å². The molecule has 1 aliphatic carbocycles. The van der Waals surface area contributed by atoms with Crippen LogP contribution in [0.1, 0.15) is 37.7 Å². The van der Waals surface area contributed by atoms with E-state index in [4.69, 9.17) is 10.7 Å². The number of nitrogens with one attached hydrogen (secondary N) is 1. The number of benzene rings is 1. The molecule has 21 heavy (non-hydrogen) atoms. The van der Waals surface area contributed by atoms with Crippen LogP contribution in [0.2, 0.25) is 0 Å². The molecule has 3 heteroatoms. The molecule has 3 rings (SSSR count). The summed E-state index contributed by atoms with van der Waals surface area (Å²) >= 11 is 0. The Morgan fingerprint density at radius 2 is 1.95 bits per heavy atom. The summed E-state index contributed by atoms with van der Waals surface area (Å²) in [6, 6.07) is 10.5. The van der Waals surface area contributed by atoms with Gasteiger partial charge in [-0.2, -0.15) is 0 Å². The van der Waals surface area contributed by atoms with Crippen molar-refractivity contribution < 1.29 is 0 Å². The molecule has 1 heterocycles. The molecule has 0 spiro atoms. The maximum Gasteiger partial charge on any atom is 0.129 e. The minimum Gasteiger partial charge on any atom is -0.369 e. The first-order valence-electron chi connectivity index (χ1n) is 8.03. The predicted octanol–water partition coefficient (Wildman–Crippen LogP) is 3.86. The van der Waals surface area contributed by atoms with Crippen molar-refractivity contribution in [2.24, 2.45) is 11.1 Å². The molecule has 0 aliphatic heterocycles. The molecule has 3 nitrogen and oxygen atoms in total. The Bertz CT molecular complexity index is 615. The third kappa shape index (κ3) is 3.03. The van der Waals surface area contributed by atoms with Crippen LogP contribution in [0.4, 0.5) is 5.82 Å². The SMILES string of the molecule is Cc1cc2ccccc2nc1NCC1(CN)CCCCC1. The Labute approximate surface area is 127 Å². The van der Waals surface area contributed by atoms with E-state index in [1.165, 1.54) is 43.1 Å². The van der Waals surface area contributed by atoms with Crippen LogP contribution >= 0.6 is 0 Å². The molecule has 1 saturated carbocycles. The van der Waals surface area contributed by atoms with E-state index in [9.17, 15) is 0 Å². The van der Waals surface area contributed by atoms with Gasteiger partial charge in [-0.1, -0.05) is 37.5 Å². The number of pyridine rings is 1. The molecule has 0 amide bonds. The number of anilines is 1. The molecule has 112 valence electrons. The highest BCUT2D eigenvalue weighted by molar-refractivity contribution is 5.81. The highest BCUT2D eigenvalue weighted by atomic mass is 15.0.